The maximum atomic E-state index is 12.5. The molecule has 1 saturated heterocycles. The fourth-order valence-corrected chi connectivity index (χ4v) is 3.09. The minimum Gasteiger partial charge on any atom is -0.359 e. The molecule has 1 aromatic heterocycles. The van der Waals surface area contributed by atoms with Crippen molar-refractivity contribution in [3.05, 3.63) is 30.6 Å². The molecular formula is C17H21N5O2. The third-order valence-corrected chi connectivity index (χ3v) is 4.23. The number of nitrogens with zero attached hydrogens (tertiary/aromatic N) is 3. The van der Waals surface area contributed by atoms with Crippen LogP contribution >= 0.6 is 0 Å². The van der Waals surface area contributed by atoms with Gasteiger partial charge in [-0.2, -0.15) is 0 Å². The fraction of sp³-hybridized carbons (Fsp3) is 0.412. The lowest BCUT2D eigenvalue weighted by atomic mass is 10.2. The van der Waals surface area contributed by atoms with Crippen LogP contribution in [0, 0.1) is 0 Å². The van der Waals surface area contributed by atoms with E-state index < -0.39 is 0 Å². The van der Waals surface area contributed by atoms with Crippen LogP contribution in [0.2, 0.25) is 0 Å². The van der Waals surface area contributed by atoms with E-state index in [0.717, 1.165) is 36.1 Å². The lowest BCUT2D eigenvalue weighted by Gasteiger charge is -2.25. The van der Waals surface area contributed by atoms with Gasteiger partial charge < -0.3 is 15.5 Å². The van der Waals surface area contributed by atoms with Gasteiger partial charge in [-0.05, 0) is 31.4 Å². The van der Waals surface area contributed by atoms with Gasteiger partial charge in [0.1, 0.15) is 18.2 Å². The highest BCUT2D eigenvalue weighted by Gasteiger charge is 2.32. The molecule has 1 aromatic carbocycles. The molecule has 0 saturated carbocycles. The summed E-state index contributed by atoms with van der Waals surface area (Å²) >= 11 is 0. The lowest BCUT2D eigenvalue weighted by Crippen LogP contribution is -2.44. The summed E-state index contributed by atoms with van der Waals surface area (Å²) in [6.45, 7) is 1.93. The number of aromatic nitrogens is 2. The molecule has 1 fully saturated rings. The maximum absolute atomic E-state index is 12.5. The van der Waals surface area contributed by atoms with Crippen LogP contribution in [-0.4, -0.2) is 48.0 Å². The van der Waals surface area contributed by atoms with Crippen molar-refractivity contribution in [3.8, 4) is 0 Å². The van der Waals surface area contributed by atoms with Crippen molar-refractivity contribution < 1.29 is 9.59 Å². The first-order valence-corrected chi connectivity index (χ1v) is 8.22. The van der Waals surface area contributed by atoms with Crippen molar-refractivity contribution in [2.24, 2.45) is 0 Å². The Labute approximate surface area is 140 Å². The van der Waals surface area contributed by atoms with Gasteiger partial charge in [0.2, 0.25) is 12.3 Å². The van der Waals surface area contributed by atoms with E-state index in [2.05, 4.69) is 25.5 Å². The van der Waals surface area contributed by atoms with Crippen molar-refractivity contribution in [2.45, 2.75) is 25.3 Å². The number of para-hydroxylation sites is 1. The SMILES string of the molecule is O=CNCCCNC(=O)C1CCCN1c1ncnc2ccccc12. The number of hydrogen-bond acceptors (Lipinski definition) is 5. The zero-order valence-electron chi connectivity index (χ0n) is 13.4. The Hall–Kier alpha value is -2.70. The summed E-state index contributed by atoms with van der Waals surface area (Å²) < 4.78 is 0. The topological polar surface area (TPSA) is 87.2 Å². The molecule has 0 radical (unpaired) electrons. The Morgan fingerprint density at radius 1 is 1.29 bits per heavy atom. The highest BCUT2D eigenvalue weighted by atomic mass is 16.2. The standard InChI is InChI=1S/C17H21N5O2/c23-12-18-8-4-9-19-17(24)15-7-3-10-22(15)16-13-5-1-2-6-14(13)20-11-21-16/h1-2,5-6,11-12,15H,3-4,7-10H2,(H,18,23)(H,19,24). The van der Waals surface area contributed by atoms with Crippen molar-refractivity contribution in [1.82, 2.24) is 20.6 Å². The van der Waals surface area contributed by atoms with E-state index in [1.165, 1.54) is 0 Å². The molecule has 2 aromatic rings. The molecular weight excluding hydrogens is 306 g/mol. The first kappa shape index (κ1) is 16.2. The summed E-state index contributed by atoms with van der Waals surface area (Å²) in [4.78, 5) is 33.5. The Balaban J connectivity index is 1.70. The van der Waals surface area contributed by atoms with Crippen LogP contribution in [0.25, 0.3) is 10.9 Å². The molecule has 24 heavy (non-hydrogen) atoms. The van der Waals surface area contributed by atoms with Gasteiger partial charge >= 0.3 is 0 Å². The Bertz CT molecular complexity index is 716. The number of anilines is 1. The summed E-state index contributed by atoms with van der Waals surface area (Å²) in [5, 5.41) is 6.51. The number of amides is 2. The average Bonchev–Trinajstić information content (AvgIpc) is 3.10. The summed E-state index contributed by atoms with van der Waals surface area (Å²) in [7, 11) is 0. The van der Waals surface area contributed by atoms with Crippen molar-refractivity contribution in [3.63, 3.8) is 0 Å². The Kier molecular flexibility index (Phi) is 5.20. The van der Waals surface area contributed by atoms with Crippen LogP contribution in [0.4, 0.5) is 5.82 Å². The van der Waals surface area contributed by atoms with Gasteiger partial charge in [0.15, 0.2) is 0 Å². The molecule has 1 unspecified atom stereocenters. The first-order valence-electron chi connectivity index (χ1n) is 8.22. The minimum absolute atomic E-state index is 0.0151. The minimum atomic E-state index is -0.206. The Morgan fingerprint density at radius 3 is 3.04 bits per heavy atom. The van der Waals surface area contributed by atoms with Gasteiger partial charge in [0, 0.05) is 25.0 Å². The van der Waals surface area contributed by atoms with E-state index in [1.54, 1.807) is 6.33 Å². The molecule has 1 atom stereocenters. The second kappa shape index (κ2) is 7.72. The predicted octanol–water partition coefficient (Wildman–Crippen LogP) is 0.851. The summed E-state index contributed by atoms with van der Waals surface area (Å²) in [5.74, 6) is 0.835. The van der Waals surface area contributed by atoms with Crippen LogP contribution in [0.15, 0.2) is 30.6 Å². The molecule has 1 aliphatic rings. The van der Waals surface area contributed by atoms with Crippen LogP contribution in [0.5, 0.6) is 0 Å². The fourth-order valence-electron chi connectivity index (χ4n) is 3.09. The third kappa shape index (κ3) is 3.45. The van der Waals surface area contributed by atoms with Gasteiger partial charge in [-0.3, -0.25) is 9.59 Å². The molecule has 2 N–H and O–H groups in total. The van der Waals surface area contributed by atoms with E-state index in [1.807, 2.05) is 24.3 Å². The third-order valence-electron chi connectivity index (χ3n) is 4.23. The van der Waals surface area contributed by atoms with E-state index >= 15 is 0 Å². The molecule has 1 aliphatic heterocycles. The second-order valence-electron chi connectivity index (χ2n) is 5.78. The molecule has 2 heterocycles. The van der Waals surface area contributed by atoms with Crippen LogP contribution in [0.1, 0.15) is 19.3 Å². The number of hydrogen-bond donors (Lipinski definition) is 2. The van der Waals surface area contributed by atoms with Gasteiger partial charge in [0.05, 0.1) is 5.52 Å². The van der Waals surface area contributed by atoms with E-state index in [0.29, 0.717) is 25.9 Å². The monoisotopic (exact) mass is 327 g/mol. The number of carbonyl (C=O) groups is 2. The molecule has 7 heteroatoms. The molecule has 126 valence electrons. The highest BCUT2D eigenvalue weighted by molar-refractivity contribution is 5.93. The highest BCUT2D eigenvalue weighted by Crippen LogP contribution is 2.29. The first-order chi connectivity index (χ1) is 11.8. The second-order valence-corrected chi connectivity index (χ2v) is 5.78. The number of benzene rings is 1. The maximum Gasteiger partial charge on any atom is 0.242 e. The van der Waals surface area contributed by atoms with Crippen molar-refractivity contribution in [1.29, 1.82) is 0 Å². The van der Waals surface area contributed by atoms with Gasteiger partial charge in [-0.1, -0.05) is 12.1 Å². The molecule has 0 spiro atoms. The van der Waals surface area contributed by atoms with E-state index in [4.69, 9.17) is 0 Å². The smallest absolute Gasteiger partial charge is 0.242 e. The van der Waals surface area contributed by atoms with E-state index in [-0.39, 0.29) is 11.9 Å². The molecule has 0 aliphatic carbocycles. The average molecular weight is 327 g/mol. The number of rotatable bonds is 7. The van der Waals surface area contributed by atoms with Crippen molar-refractivity contribution >= 4 is 29.0 Å². The molecule has 7 nitrogen and oxygen atoms in total. The number of fused-ring (bicyclic) bond motifs is 1. The summed E-state index contributed by atoms with van der Waals surface area (Å²) in [5.41, 5.74) is 0.883. The summed E-state index contributed by atoms with van der Waals surface area (Å²) in [6, 6.07) is 7.64. The van der Waals surface area contributed by atoms with Crippen molar-refractivity contribution in [2.75, 3.05) is 24.5 Å². The zero-order chi connectivity index (χ0) is 16.8. The predicted molar refractivity (Wildman–Crippen MR) is 91.6 cm³/mol. The van der Waals surface area contributed by atoms with Crippen LogP contribution in [-0.2, 0) is 9.59 Å². The van der Waals surface area contributed by atoms with Gasteiger partial charge in [-0.25, -0.2) is 9.97 Å². The van der Waals surface area contributed by atoms with Gasteiger partial charge in [-0.15, -0.1) is 0 Å². The zero-order valence-corrected chi connectivity index (χ0v) is 13.4. The number of nitrogens with one attached hydrogen (secondary N) is 2. The van der Waals surface area contributed by atoms with Crippen LogP contribution < -0.4 is 15.5 Å². The Morgan fingerprint density at radius 2 is 2.17 bits per heavy atom. The quantitative estimate of drug-likeness (QED) is 0.581. The largest absolute Gasteiger partial charge is 0.359 e. The van der Waals surface area contributed by atoms with Gasteiger partial charge in [0.25, 0.3) is 0 Å². The number of carbonyl (C=O) groups excluding carboxylic acids is 2. The normalized spacial score (nSPS) is 17.0. The van der Waals surface area contributed by atoms with Crippen LogP contribution in [0.3, 0.4) is 0 Å². The summed E-state index contributed by atoms with van der Waals surface area (Å²) in [6.07, 6.45) is 4.71. The lowest BCUT2D eigenvalue weighted by molar-refractivity contribution is -0.122. The van der Waals surface area contributed by atoms with E-state index in [9.17, 15) is 9.59 Å². The molecule has 0 bridgehead atoms. The molecule has 2 amide bonds. The molecule has 3 rings (SSSR count).